The van der Waals surface area contributed by atoms with E-state index >= 15 is 0 Å². The molecule has 0 atom stereocenters. The van der Waals surface area contributed by atoms with Crippen LogP contribution in [-0.2, 0) is 6.54 Å². The lowest BCUT2D eigenvalue weighted by atomic mass is 10.1. The number of thiazole rings is 1. The van der Waals surface area contributed by atoms with Crippen LogP contribution in [0.2, 0.25) is 0 Å². The molecule has 1 amide bonds. The fourth-order valence-corrected chi connectivity index (χ4v) is 3.18. The van der Waals surface area contributed by atoms with Crippen LogP contribution < -0.4 is 11.1 Å². The fraction of sp³-hybridized carbons (Fsp3) is 0.150. The maximum absolute atomic E-state index is 12.3. The molecule has 0 bridgehead atoms. The number of aryl methyl sites for hydroxylation is 2. The van der Waals surface area contributed by atoms with Gasteiger partial charge in [0.15, 0.2) is 0 Å². The molecule has 0 spiro atoms. The predicted molar refractivity (Wildman–Crippen MR) is 107 cm³/mol. The van der Waals surface area contributed by atoms with E-state index in [-0.39, 0.29) is 11.7 Å². The maximum Gasteiger partial charge on any atom is 0.290 e. The lowest BCUT2D eigenvalue weighted by Crippen LogP contribution is -2.18. The normalized spacial score (nSPS) is 11.4. The van der Waals surface area contributed by atoms with Crippen molar-refractivity contribution in [1.82, 2.24) is 4.98 Å². The number of amides is 1. The second-order valence-electron chi connectivity index (χ2n) is 5.95. The van der Waals surface area contributed by atoms with Crippen molar-refractivity contribution in [2.45, 2.75) is 20.4 Å². The summed E-state index contributed by atoms with van der Waals surface area (Å²) in [7, 11) is 0. The molecule has 132 valence electrons. The Morgan fingerprint density at radius 3 is 2.58 bits per heavy atom. The lowest BCUT2D eigenvalue weighted by Gasteiger charge is -2.12. The molecule has 5 nitrogen and oxygen atoms in total. The van der Waals surface area contributed by atoms with Crippen molar-refractivity contribution >= 4 is 28.8 Å². The van der Waals surface area contributed by atoms with Crippen LogP contribution in [0.25, 0.3) is 0 Å². The van der Waals surface area contributed by atoms with Crippen LogP contribution >= 0.6 is 11.3 Å². The molecular formula is C20H20N4OS. The molecular weight excluding hydrogens is 344 g/mol. The molecule has 0 saturated heterocycles. The lowest BCUT2D eigenvalue weighted by molar-refractivity contribution is 0.101. The van der Waals surface area contributed by atoms with E-state index in [0.29, 0.717) is 22.7 Å². The second kappa shape index (κ2) is 7.93. The summed E-state index contributed by atoms with van der Waals surface area (Å²) >= 11 is 1.27. The average molecular weight is 364 g/mol. The summed E-state index contributed by atoms with van der Waals surface area (Å²) in [5.41, 5.74) is 12.3. The molecule has 0 aliphatic heterocycles. The molecule has 6 heteroatoms. The van der Waals surface area contributed by atoms with Gasteiger partial charge < -0.3 is 11.1 Å². The molecule has 0 saturated carbocycles. The number of carbonyl (C=O) groups is 1. The van der Waals surface area contributed by atoms with Gasteiger partial charge in [-0.05, 0) is 31.5 Å². The first-order chi connectivity index (χ1) is 12.5. The van der Waals surface area contributed by atoms with Gasteiger partial charge in [-0.15, -0.1) is 11.3 Å². The molecule has 0 unspecified atom stereocenters. The standard InChI is InChI=1S/C20H20N4OS/c1-13-7-9-15(10-8-13)11-22-17-6-4-3-5-16(17)19(21)24-20(25)18-14(2)23-12-26-18/h3-10,12,22H,11H2,1-2H3,(H2,21,24,25). The number of nitrogens with two attached hydrogens (primary N) is 1. The van der Waals surface area contributed by atoms with E-state index in [1.54, 1.807) is 12.4 Å². The number of hydrogen-bond acceptors (Lipinski definition) is 4. The van der Waals surface area contributed by atoms with Crippen LogP contribution in [0.15, 0.2) is 59.0 Å². The van der Waals surface area contributed by atoms with Gasteiger partial charge in [0.25, 0.3) is 5.91 Å². The van der Waals surface area contributed by atoms with Gasteiger partial charge in [-0.25, -0.2) is 4.98 Å². The van der Waals surface area contributed by atoms with E-state index in [1.807, 2.05) is 24.3 Å². The van der Waals surface area contributed by atoms with Gasteiger partial charge in [-0.1, -0.05) is 42.0 Å². The topological polar surface area (TPSA) is 80.4 Å². The third-order valence-electron chi connectivity index (χ3n) is 3.97. The molecule has 1 aromatic heterocycles. The highest BCUT2D eigenvalue weighted by atomic mass is 32.1. The van der Waals surface area contributed by atoms with Crippen molar-refractivity contribution in [3.8, 4) is 0 Å². The van der Waals surface area contributed by atoms with E-state index in [0.717, 1.165) is 11.3 Å². The van der Waals surface area contributed by atoms with Gasteiger partial charge >= 0.3 is 0 Å². The van der Waals surface area contributed by atoms with Gasteiger partial charge in [0.1, 0.15) is 10.7 Å². The molecule has 2 aromatic carbocycles. The monoisotopic (exact) mass is 364 g/mol. The van der Waals surface area contributed by atoms with Crippen molar-refractivity contribution in [3.63, 3.8) is 0 Å². The number of aromatic nitrogens is 1. The number of carbonyl (C=O) groups excluding carboxylic acids is 1. The molecule has 26 heavy (non-hydrogen) atoms. The van der Waals surface area contributed by atoms with Crippen molar-refractivity contribution in [3.05, 3.63) is 81.3 Å². The Kier molecular flexibility index (Phi) is 5.43. The SMILES string of the molecule is Cc1ccc(CNc2ccccc2C(N)=NC(=O)c2scnc2C)cc1. The third kappa shape index (κ3) is 4.15. The number of hydrogen-bond donors (Lipinski definition) is 2. The number of nitrogens with zero attached hydrogens (tertiary/aromatic N) is 2. The molecule has 1 heterocycles. The van der Waals surface area contributed by atoms with Crippen LogP contribution in [0, 0.1) is 13.8 Å². The molecule has 0 radical (unpaired) electrons. The number of amidine groups is 1. The first kappa shape index (κ1) is 17.8. The second-order valence-corrected chi connectivity index (χ2v) is 6.81. The molecule has 3 N–H and O–H groups in total. The molecule has 0 aliphatic rings. The Labute approximate surface area is 156 Å². The van der Waals surface area contributed by atoms with Gasteiger partial charge in [0.05, 0.1) is 11.2 Å². The summed E-state index contributed by atoms with van der Waals surface area (Å²) < 4.78 is 0. The minimum absolute atomic E-state index is 0.190. The first-order valence-corrected chi connectivity index (χ1v) is 9.10. The molecule has 0 aliphatic carbocycles. The highest BCUT2D eigenvalue weighted by Crippen LogP contribution is 2.18. The molecule has 3 aromatic rings. The Morgan fingerprint density at radius 2 is 1.88 bits per heavy atom. The van der Waals surface area contributed by atoms with Crippen LogP contribution in [-0.4, -0.2) is 16.7 Å². The van der Waals surface area contributed by atoms with Crippen molar-refractivity contribution in [1.29, 1.82) is 0 Å². The summed E-state index contributed by atoms with van der Waals surface area (Å²) in [5, 5.41) is 3.37. The predicted octanol–water partition coefficient (Wildman–Crippen LogP) is 3.92. The van der Waals surface area contributed by atoms with E-state index < -0.39 is 0 Å². The number of benzene rings is 2. The summed E-state index contributed by atoms with van der Waals surface area (Å²) in [6.45, 7) is 4.50. The van der Waals surface area contributed by atoms with Crippen molar-refractivity contribution in [2.75, 3.05) is 5.32 Å². The smallest absolute Gasteiger partial charge is 0.290 e. The summed E-state index contributed by atoms with van der Waals surface area (Å²) in [6, 6.07) is 15.9. The Morgan fingerprint density at radius 1 is 1.15 bits per heavy atom. The number of rotatable bonds is 5. The number of anilines is 1. The molecule has 0 fully saturated rings. The quantitative estimate of drug-likeness (QED) is 0.531. The summed E-state index contributed by atoms with van der Waals surface area (Å²) in [6.07, 6.45) is 0. The average Bonchev–Trinajstić information content (AvgIpc) is 3.07. The highest BCUT2D eigenvalue weighted by molar-refractivity contribution is 7.11. The Hall–Kier alpha value is -2.99. The van der Waals surface area contributed by atoms with Gasteiger partial charge in [0.2, 0.25) is 0 Å². The van der Waals surface area contributed by atoms with E-state index in [4.69, 9.17) is 5.73 Å². The van der Waals surface area contributed by atoms with Gasteiger partial charge in [-0.2, -0.15) is 4.99 Å². The van der Waals surface area contributed by atoms with E-state index in [1.165, 1.54) is 16.9 Å². The Bertz CT molecular complexity index is 944. The van der Waals surface area contributed by atoms with E-state index in [2.05, 4.69) is 46.5 Å². The zero-order chi connectivity index (χ0) is 18.5. The number of nitrogens with one attached hydrogen (secondary N) is 1. The summed E-state index contributed by atoms with van der Waals surface area (Å²) in [5.74, 6) is -0.175. The zero-order valence-electron chi connectivity index (χ0n) is 14.7. The largest absolute Gasteiger partial charge is 0.383 e. The minimum atomic E-state index is -0.365. The first-order valence-electron chi connectivity index (χ1n) is 8.22. The van der Waals surface area contributed by atoms with Gasteiger partial charge in [-0.3, -0.25) is 4.79 Å². The summed E-state index contributed by atoms with van der Waals surface area (Å²) in [4.78, 5) is 21.0. The fourth-order valence-electron chi connectivity index (χ4n) is 2.49. The van der Waals surface area contributed by atoms with Crippen LogP contribution in [0.5, 0.6) is 0 Å². The van der Waals surface area contributed by atoms with Crippen LogP contribution in [0.4, 0.5) is 5.69 Å². The highest BCUT2D eigenvalue weighted by Gasteiger charge is 2.13. The maximum atomic E-state index is 12.3. The van der Waals surface area contributed by atoms with Crippen LogP contribution in [0.1, 0.15) is 32.1 Å². The third-order valence-corrected chi connectivity index (χ3v) is 4.88. The Balaban J connectivity index is 1.79. The van der Waals surface area contributed by atoms with Gasteiger partial charge in [0, 0.05) is 17.8 Å². The number of aliphatic imine (C=N–C) groups is 1. The number of para-hydroxylation sites is 1. The molecule has 3 rings (SSSR count). The van der Waals surface area contributed by atoms with Crippen LogP contribution in [0.3, 0.4) is 0 Å². The van der Waals surface area contributed by atoms with E-state index in [9.17, 15) is 4.79 Å². The minimum Gasteiger partial charge on any atom is -0.383 e. The zero-order valence-corrected chi connectivity index (χ0v) is 15.5. The van der Waals surface area contributed by atoms with Crippen molar-refractivity contribution < 1.29 is 4.79 Å². The van der Waals surface area contributed by atoms with Crippen molar-refractivity contribution in [2.24, 2.45) is 10.7 Å².